The van der Waals surface area contributed by atoms with Gasteiger partial charge in [0.25, 0.3) is 5.56 Å². The van der Waals surface area contributed by atoms with Crippen LogP contribution in [0.15, 0.2) is 59.4 Å². The largest absolute Gasteiger partial charge is 0.497 e. The highest BCUT2D eigenvalue weighted by molar-refractivity contribution is 6.30. The summed E-state index contributed by atoms with van der Waals surface area (Å²) < 4.78 is 6.70. The summed E-state index contributed by atoms with van der Waals surface area (Å²) >= 11 is 6.03. The highest BCUT2D eigenvalue weighted by atomic mass is 35.5. The van der Waals surface area contributed by atoms with Crippen LogP contribution in [0.2, 0.25) is 5.02 Å². The first-order chi connectivity index (χ1) is 13.1. The Hall–Kier alpha value is -3.05. The summed E-state index contributed by atoms with van der Waals surface area (Å²) in [5.41, 5.74) is 4.77. The van der Waals surface area contributed by atoms with Crippen molar-refractivity contribution in [2.45, 2.75) is 13.3 Å². The molecule has 136 valence electrons. The molecule has 0 aliphatic heterocycles. The first-order valence-corrected chi connectivity index (χ1v) is 9.03. The van der Waals surface area contributed by atoms with E-state index < -0.39 is 0 Å². The van der Waals surface area contributed by atoms with Crippen LogP contribution in [0.5, 0.6) is 5.75 Å². The molecule has 0 spiro atoms. The lowest BCUT2D eigenvalue weighted by Crippen LogP contribution is -2.14. The van der Waals surface area contributed by atoms with Gasteiger partial charge in [0, 0.05) is 27.9 Å². The van der Waals surface area contributed by atoms with E-state index in [4.69, 9.17) is 21.3 Å². The first kappa shape index (κ1) is 17.4. The quantitative estimate of drug-likeness (QED) is 0.564. The van der Waals surface area contributed by atoms with Gasteiger partial charge in [0.15, 0.2) is 5.65 Å². The van der Waals surface area contributed by atoms with Crippen LogP contribution in [-0.2, 0) is 6.42 Å². The second-order valence-corrected chi connectivity index (χ2v) is 6.63. The number of benzene rings is 2. The molecular weight excluding hydrogens is 362 g/mol. The smallest absolute Gasteiger partial charge is 0.273 e. The molecule has 0 fully saturated rings. The number of H-pyrrole nitrogens is 1. The Bertz CT molecular complexity index is 1160. The lowest BCUT2D eigenvalue weighted by molar-refractivity contribution is 0.415. The number of hydrogen-bond acceptors (Lipinski definition) is 3. The molecule has 0 radical (unpaired) electrons. The molecule has 0 atom stereocenters. The molecule has 0 bridgehead atoms. The summed E-state index contributed by atoms with van der Waals surface area (Å²) in [6, 6.07) is 16.6. The Balaban J connectivity index is 1.95. The van der Waals surface area contributed by atoms with Gasteiger partial charge in [0.1, 0.15) is 5.75 Å². The van der Waals surface area contributed by atoms with Crippen LogP contribution in [0, 0.1) is 0 Å². The summed E-state index contributed by atoms with van der Waals surface area (Å²) in [7, 11) is 1.62. The van der Waals surface area contributed by atoms with Crippen molar-refractivity contribution in [3.63, 3.8) is 0 Å². The van der Waals surface area contributed by atoms with Gasteiger partial charge in [-0.05, 0) is 48.4 Å². The van der Waals surface area contributed by atoms with E-state index in [1.807, 2.05) is 55.5 Å². The summed E-state index contributed by atoms with van der Waals surface area (Å²) in [5, 5.41) is 3.85. The van der Waals surface area contributed by atoms with Crippen LogP contribution < -0.4 is 10.3 Å². The molecule has 2 aromatic carbocycles. The van der Waals surface area contributed by atoms with Crippen molar-refractivity contribution in [2.75, 3.05) is 7.11 Å². The van der Waals surface area contributed by atoms with E-state index in [9.17, 15) is 4.79 Å². The maximum absolute atomic E-state index is 12.7. The maximum Gasteiger partial charge on any atom is 0.273 e. The summed E-state index contributed by atoms with van der Waals surface area (Å²) in [5.74, 6) is 0.758. The molecule has 0 amide bonds. The number of aromatic amines is 1. The van der Waals surface area contributed by atoms with Crippen molar-refractivity contribution >= 4 is 17.2 Å². The Morgan fingerprint density at radius 3 is 2.37 bits per heavy atom. The van der Waals surface area contributed by atoms with Crippen LogP contribution in [0.4, 0.5) is 0 Å². The van der Waals surface area contributed by atoms with Gasteiger partial charge in [-0.15, -0.1) is 0 Å². The molecule has 0 unspecified atom stereocenters. The van der Waals surface area contributed by atoms with Crippen LogP contribution in [0.25, 0.3) is 28.0 Å². The molecule has 4 aromatic rings. The SMILES string of the molecule is CCc1[nH]n2c(=O)cc(-c3ccc(OC)cc3)nc2c1-c1ccc(Cl)cc1. The summed E-state index contributed by atoms with van der Waals surface area (Å²) in [4.78, 5) is 17.5. The van der Waals surface area contributed by atoms with Gasteiger partial charge < -0.3 is 4.74 Å². The predicted octanol–water partition coefficient (Wildman–Crippen LogP) is 4.58. The zero-order valence-electron chi connectivity index (χ0n) is 15.0. The Morgan fingerprint density at radius 1 is 1.07 bits per heavy atom. The molecule has 6 heteroatoms. The molecule has 4 rings (SSSR count). The molecule has 0 saturated carbocycles. The molecule has 2 aromatic heterocycles. The highest BCUT2D eigenvalue weighted by Gasteiger charge is 2.16. The van der Waals surface area contributed by atoms with E-state index >= 15 is 0 Å². The molecule has 5 nitrogen and oxygen atoms in total. The third-order valence-corrected chi connectivity index (χ3v) is 4.82. The molecule has 0 aliphatic carbocycles. The Morgan fingerprint density at radius 2 is 1.74 bits per heavy atom. The minimum Gasteiger partial charge on any atom is -0.497 e. The topological polar surface area (TPSA) is 59.4 Å². The zero-order valence-corrected chi connectivity index (χ0v) is 15.7. The molecule has 0 saturated heterocycles. The number of aromatic nitrogens is 3. The van der Waals surface area contributed by atoms with Gasteiger partial charge >= 0.3 is 0 Å². The second kappa shape index (κ2) is 6.93. The number of rotatable bonds is 4. The number of halogens is 1. The molecular formula is C21H18ClN3O2. The Kier molecular flexibility index (Phi) is 4.46. The van der Waals surface area contributed by atoms with Crippen LogP contribution >= 0.6 is 11.6 Å². The van der Waals surface area contributed by atoms with Gasteiger partial charge in [-0.25, -0.2) is 9.50 Å². The normalized spacial score (nSPS) is 11.1. The third-order valence-electron chi connectivity index (χ3n) is 4.56. The fourth-order valence-corrected chi connectivity index (χ4v) is 3.30. The van der Waals surface area contributed by atoms with Gasteiger partial charge in [0.05, 0.1) is 12.8 Å². The molecule has 2 heterocycles. The number of ether oxygens (including phenoxy) is 1. The van der Waals surface area contributed by atoms with Gasteiger partial charge in [-0.1, -0.05) is 30.7 Å². The monoisotopic (exact) mass is 379 g/mol. The van der Waals surface area contributed by atoms with E-state index in [1.165, 1.54) is 10.6 Å². The molecule has 1 N–H and O–H groups in total. The highest BCUT2D eigenvalue weighted by Crippen LogP contribution is 2.30. The number of nitrogens with one attached hydrogen (secondary N) is 1. The van der Waals surface area contributed by atoms with Crippen LogP contribution in [0.3, 0.4) is 0 Å². The first-order valence-electron chi connectivity index (χ1n) is 8.65. The minimum absolute atomic E-state index is 0.152. The fourth-order valence-electron chi connectivity index (χ4n) is 3.17. The number of aryl methyl sites for hydroxylation is 1. The van der Waals surface area contributed by atoms with Crippen molar-refractivity contribution < 1.29 is 4.74 Å². The van der Waals surface area contributed by atoms with Gasteiger partial charge in [-0.2, -0.15) is 0 Å². The lowest BCUT2D eigenvalue weighted by atomic mass is 10.0. The van der Waals surface area contributed by atoms with Crippen LogP contribution in [0.1, 0.15) is 12.6 Å². The van der Waals surface area contributed by atoms with Gasteiger partial charge in [0.2, 0.25) is 0 Å². The minimum atomic E-state index is -0.152. The van der Waals surface area contributed by atoms with Gasteiger partial charge in [-0.3, -0.25) is 9.89 Å². The molecule has 27 heavy (non-hydrogen) atoms. The third kappa shape index (κ3) is 3.11. The average molecular weight is 380 g/mol. The second-order valence-electron chi connectivity index (χ2n) is 6.19. The predicted molar refractivity (Wildman–Crippen MR) is 108 cm³/mol. The zero-order chi connectivity index (χ0) is 19.0. The lowest BCUT2D eigenvalue weighted by Gasteiger charge is -2.05. The fraction of sp³-hybridized carbons (Fsp3) is 0.143. The van der Waals surface area contributed by atoms with Crippen molar-refractivity contribution in [2.24, 2.45) is 0 Å². The van der Waals surface area contributed by atoms with Crippen molar-refractivity contribution in [3.8, 4) is 28.1 Å². The number of nitrogens with zero attached hydrogens (tertiary/aromatic N) is 2. The standard InChI is InChI=1S/C21H18ClN3O2/c1-3-17-20(14-4-8-15(22)9-5-14)21-23-18(12-19(26)25(21)24-17)13-6-10-16(27-2)11-7-13/h4-12,24H,3H2,1-2H3. The number of methoxy groups -OCH3 is 1. The number of hydrogen-bond donors (Lipinski definition) is 1. The average Bonchev–Trinajstić information content (AvgIpc) is 3.08. The summed E-state index contributed by atoms with van der Waals surface area (Å²) in [6.07, 6.45) is 0.749. The van der Waals surface area contributed by atoms with E-state index in [1.54, 1.807) is 7.11 Å². The van der Waals surface area contributed by atoms with E-state index in [2.05, 4.69) is 5.10 Å². The van der Waals surface area contributed by atoms with Crippen LogP contribution in [-0.4, -0.2) is 21.7 Å². The van der Waals surface area contributed by atoms with E-state index in [0.29, 0.717) is 16.4 Å². The maximum atomic E-state index is 12.7. The van der Waals surface area contributed by atoms with Crippen molar-refractivity contribution in [1.82, 2.24) is 14.6 Å². The van der Waals surface area contributed by atoms with Crippen molar-refractivity contribution in [1.29, 1.82) is 0 Å². The van der Waals surface area contributed by atoms with E-state index in [-0.39, 0.29) is 5.56 Å². The number of fused-ring (bicyclic) bond motifs is 1. The molecule has 0 aliphatic rings. The Labute approximate surface area is 161 Å². The van der Waals surface area contributed by atoms with Crippen molar-refractivity contribution in [3.05, 3.63) is 75.7 Å². The van der Waals surface area contributed by atoms with E-state index in [0.717, 1.165) is 34.6 Å². The summed E-state index contributed by atoms with van der Waals surface area (Å²) in [6.45, 7) is 2.04.